The topological polar surface area (TPSA) is 83.6 Å². The molecule has 2 rings (SSSR count). The van der Waals surface area contributed by atoms with E-state index >= 15 is 0 Å². The molecule has 0 spiro atoms. The standard InChI is InChI=1S/C12H12BrClN2O4S/c1-12(2)11(18)15-10(17)6-16(12)21(19,20)9-4-3-7(13)5-8(9)14/h3-5H,6H2,1-2H3,(H,15,17,18). The molecule has 21 heavy (non-hydrogen) atoms. The van der Waals surface area contributed by atoms with Crippen molar-refractivity contribution in [3.8, 4) is 0 Å². The largest absolute Gasteiger partial charge is 0.294 e. The molecule has 0 unspecified atom stereocenters. The third kappa shape index (κ3) is 2.85. The summed E-state index contributed by atoms with van der Waals surface area (Å²) in [6.07, 6.45) is 0. The second kappa shape index (κ2) is 5.35. The van der Waals surface area contributed by atoms with Crippen LogP contribution in [0.3, 0.4) is 0 Å². The summed E-state index contributed by atoms with van der Waals surface area (Å²) in [4.78, 5) is 23.2. The van der Waals surface area contributed by atoms with Gasteiger partial charge >= 0.3 is 0 Å². The summed E-state index contributed by atoms with van der Waals surface area (Å²) in [5, 5.41) is 2.13. The van der Waals surface area contributed by atoms with Crippen molar-refractivity contribution in [1.82, 2.24) is 9.62 Å². The van der Waals surface area contributed by atoms with E-state index in [0.717, 1.165) is 4.31 Å². The van der Waals surface area contributed by atoms with Crippen LogP contribution in [0.25, 0.3) is 0 Å². The van der Waals surface area contributed by atoms with Gasteiger partial charge in [0.25, 0.3) is 0 Å². The predicted molar refractivity (Wildman–Crippen MR) is 80.3 cm³/mol. The van der Waals surface area contributed by atoms with Crippen molar-refractivity contribution in [2.75, 3.05) is 6.54 Å². The van der Waals surface area contributed by atoms with E-state index in [4.69, 9.17) is 11.6 Å². The minimum absolute atomic E-state index is 0.0126. The smallest absolute Gasteiger partial charge is 0.247 e. The van der Waals surface area contributed by atoms with Gasteiger partial charge in [-0.2, -0.15) is 4.31 Å². The van der Waals surface area contributed by atoms with Gasteiger partial charge in [-0.05, 0) is 32.0 Å². The number of sulfonamides is 1. The van der Waals surface area contributed by atoms with Crippen LogP contribution in [-0.2, 0) is 19.6 Å². The van der Waals surface area contributed by atoms with E-state index in [0.29, 0.717) is 4.47 Å². The average molecular weight is 396 g/mol. The lowest BCUT2D eigenvalue weighted by Crippen LogP contribution is -2.65. The summed E-state index contributed by atoms with van der Waals surface area (Å²) in [6, 6.07) is 4.29. The second-order valence-electron chi connectivity index (χ2n) is 5.02. The molecule has 1 saturated heterocycles. The van der Waals surface area contributed by atoms with Crippen LogP contribution in [0.5, 0.6) is 0 Å². The van der Waals surface area contributed by atoms with Gasteiger partial charge in [0.15, 0.2) is 0 Å². The Hall–Kier alpha value is -0.960. The van der Waals surface area contributed by atoms with Gasteiger partial charge in [0.05, 0.1) is 11.6 Å². The van der Waals surface area contributed by atoms with Gasteiger partial charge in [-0.25, -0.2) is 8.42 Å². The van der Waals surface area contributed by atoms with Crippen LogP contribution in [0.1, 0.15) is 13.8 Å². The van der Waals surface area contributed by atoms with E-state index in [1.807, 2.05) is 0 Å². The molecule has 114 valence electrons. The highest BCUT2D eigenvalue weighted by Crippen LogP contribution is 2.32. The Morgan fingerprint density at radius 2 is 1.95 bits per heavy atom. The zero-order valence-corrected chi connectivity index (χ0v) is 14.3. The normalized spacial score (nSPS) is 19.4. The summed E-state index contributed by atoms with van der Waals surface area (Å²) >= 11 is 9.17. The zero-order chi connectivity index (χ0) is 16.0. The van der Waals surface area contributed by atoms with Gasteiger partial charge in [0, 0.05) is 4.47 Å². The van der Waals surface area contributed by atoms with Crippen LogP contribution < -0.4 is 5.32 Å². The molecule has 2 amide bonds. The van der Waals surface area contributed by atoms with E-state index in [9.17, 15) is 18.0 Å². The molecule has 0 saturated carbocycles. The Kier molecular flexibility index (Phi) is 4.18. The molecule has 0 atom stereocenters. The highest BCUT2D eigenvalue weighted by molar-refractivity contribution is 9.10. The summed E-state index contributed by atoms with van der Waals surface area (Å²) in [5.41, 5.74) is -1.39. The molecule has 1 aliphatic heterocycles. The summed E-state index contributed by atoms with van der Waals surface area (Å²) in [6.45, 7) is 2.42. The van der Waals surface area contributed by atoms with Crippen molar-refractivity contribution in [2.24, 2.45) is 0 Å². The molecule has 0 aromatic heterocycles. The maximum absolute atomic E-state index is 12.7. The van der Waals surface area contributed by atoms with Crippen molar-refractivity contribution in [2.45, 2.75) is 24.3 Å². The van der Waals surface area contributed by atoms with Crippen LogP contribution in [-0.4, -0.2) is 36.6 Å². The van der Waals surface area contributed by atoms with Gasteiger partial charge in [-0.3, -0.25) is 14.9 Å². The van der Waals surface area contributed by atoms with Crippen LogP contribution in [0.2, 0.25) is 5.02 Å². The molecular weight excluding hydrogens is 384 g/mol. The Bertz CT molecular complexity index is 733. The lowest BCUT2D eigenvalue weighted by molar-refractivity contribution is -0.141. The molecule has 1 aromatic rings. The first-order valence-electron chi connectivity index (χ1n) is 5.89. The molecule has 0 bridgehead atoms. The number of hydrogen-bond acceptors (Lipinski definition) is 4. The van der Waals surface area contributed by atoms with E-state index in [1.54, 1.807) is 0 Å². The number of rotatable bonds is 2. The zero-order valence-electron chi connectivity index (χ0n) is 11.2. The fraction of sp³-hybridized carbons (Fsp3) is 0.333. The van der Waals surface area contributed by atoms with Crippen LogP contribution in [0.4, 0.5) is 0 Å². The number of amides is 2. The number of nitrogens with zero attached hydrogens (tertiary/aromatic N) is 1. The van der Waals surface area contributed by atoms with Gasteiger partial charge in [-0.1, -0.05) is 27.5 Å². The first-order valence-corrected chi connectivity index (χ1v) is 8.50. The minimum atomic E-state index is -4.08. The van der Waals surface area contributed by atoms with Crippen molar-refractivity contribution in [3.05, 3.63) is 27.7 Å². The number of benzene rings is 1. The fourth-order valence-electron chi connectivity index (χ4n) is 1.95. The lowest BCUT2D eigenvalue weighted by atomic mass is 10.0. The molecular formula is C12H12BrClN2O4S. The molecule has 1 aliphatic rings. The lowest BCUT2D eigenvalue weighted by Gasteiger charge is -2.38. The van der Waals surface area contributed by atoms with Crippen molar-refractivity contribution < 1.29 is 18.0 Å². The van der Waals surface area contributed by atoms with E-state index < -0.39 is 33.9 Å². The summed E-state index contributed by atoms with van der Waals surface area (Å²) in [5.74, 6) is -1.34. The first-order chi connectivity index (χ1) is 9.56. The Labute approximate surface area is 135 Å². The van der Waals surface area contributed by atoms with E-state index in [-0.39, 0.29) is 9.92 Å². The van der Waals surface area contributed by atoms with Crippen molar-refractivity contribution in [1.29, 1.82) is 0 Å². The summed E-state index contributed by atoms with van der Waals surface area (Å²) in [7, 11) is -4.08. The maximum atomic E-state index is 12.7. The van der Waals surface area contributed by atoms with Crippen LogP contribution in [0.15, 0.2) is 27.6 Å². The number of imide groups is 1. The number of nitrogens with one attached hydrogen (secondary N) is 1. The van der Waals surface area contributed by atoms with Gasteiger partial charge < -0.3 is 0 Å². The monoisotopic (exact) mass is 394 g/mol. The van der Waals surface area contributed by atoms with Crippen LogP contribution in [0, 0.1) is 0 Å². The third-order valence-corrected chi connectivity index (χ3v) is 6.18. The third-order valence-electron chi connectivity index (χ3n) is 3.18. The summed E-state index contributed by atoms with van der Waals surface area (Å²) < 4.78 is 26.9. The SMILES string of the molecule is CC1(C)C(=O)NC(=O)CN1S(=O)(=O)c1ccc(Br)cc1Cl. The molecule has 1 N–H and O–H groups in total. The highest BCUT2D eigenvalue weighted by atomic mass is 79.9. The van der Waals surface area contributed by atoms with Crippen molar-refractivity contribution in [3.63, 3.8) is 0 Å². The number of carbonyl (C=O) groups is 2. The molecule has 9 heteroatoms. The second-order valence-corrected chi connectivity index (χ2v) is 8.18. The number of carbonyl (C=O) groups excluding carboxylic acids is 2. The van der Waals surface area contributed by atoms with Gasteiger partial charge in [-0.15, -0.1) is 0 Å². The van der Waals surface area contributed by atoms with E-state index in [1.165, 1.54) is 32.0 Å². The number of halogens is 2. The average Bonchev–Trinajstić information content (AvgIpc) is 2.33. The minimum Gasteiger partial charge on any atom is -0.294 e. The molecule has 1 aromatic carbocycles. The van der Waals surface area contributed by atoms with E-state index in [2.05, 4.69) is 21.2 Å². The first kappa shape index (κ1) is 16.4. The fourth-order valence-corrected chi connectivity index (χ4v) is 4.67. The Balaban J connectivity index is 2.56. The molecule has 6 nitrogen and oxygen atoms in total. The quantitative estimate of drug-likeness (QED) is 0.770. The number of hydrogen-bond donors (Lipinski definition) is 1. The predicted octanol–water partition coefficient (Wildman–Crippen LogP) is 1.53. The molecule has 1 fully saturated rings. The molecule has 0 aliphatic carbocycles. The molecule has 1 heterocycles. The van der Waals surface area contributed by atoms with Gasteiger partial charge in [0.2, 0.25) is 21.8 Å². The van der Waals surface area contributed by atoms with Gasteiger partial charge in [0.1, 0.15) is 10.4 Å². The van der Waals surface area contributed by atoms with Crippen molar-refractivity contribution >= 4 is 49.4 Å². The molecule has 0 radical (unpaired) electrons. The maximum Gasteiger partial charge on any atom is 0.247 e. The number of piperazine rings is 1. The Morgan fingerprint density at radius 1 is 1.33 bits per heavy atom. The Morgan fingerprint density at radius 3 is 2.52 bits per heavy atom. The highest BCUT2D eigenvalue weighted by Gasteiger charge is 2.48. The van der Waals surface area contributed by atoms with Crippen LogP contribution >= 0.6 is 27.5 Å².